The summed E-state index contributed by atoms with van der Waals surface area (Å²) < 4.78 is 0. The molecule has 1 aliphatic rings. The van der Waals surface area contributed by atoms with Crippen LogP contribution >= 0.6 is 0 Å². The van der Waals surface area contributed by atoms with Crippen molar-refractivity contribution in [1.82, 2.24) is 4.90 Å². The lowest BCUT2D eigenvalue weighted by molar-refractivity contribution is 0.198. The lowest BCUT2D eigenvalue weighted by atomic mass is 9.98. The van der Waals surface area contributed by atoms with Gasteiger partial charge >= 0.3 is 0 Å². The quantitative estimate of drug-likeness (QED) is 0.778. The average Bonchev–Trinajstić information content (AvgIpc) is 2.28. The molecule has 2 heteroatoms. The van der Waals surface area contributed by atoms with E-state index in [-0.39, 0.29) is 5.92 Å². The van der Waals surface area contributed by atoms with Crippen LogP contribution in [0.1, 0.15) is 29.5 Å². The Bertz CT molecular complexity index is 403. The van der Waals surface area contributed by atoms with E-state index in [4.69, 9.17) is 5.26 Å². The highest BCUT2D eigenvalue weighted by molar-refractivity contribution is 5.28. The second-order valence-electron chi connectivity index (χ2n) is 5.18. The van der Waals surface area contributed by atoms with E-state index in [0.29, 0.717) is 0 Å². The fraction of sp³-hybridized carbons (Fsp3) is 0.533. The standard InChI is InChI=1S/C15H20N2/c1-12-7-13(2)9-15(8-12)11-17-5-3-14(10-16)4-6-17/h7-9,14H,3-6,11H2,1-2H3. The summed E-state index contributed by atoms with van der Waals surface area (Å²) in [4.78, 5) is 2.46. The summed E-state index contributed by atoms with van der Waals surface area (Å²) in [6.45, 7) is 7.45. The molecule has 1 heterocycles. The van der Waals surface area contributed by atoms with E-state index < -0.39 is 0 Å². The number of hydrogen-bond donors (Lipinski definition) is 0. The van der Waals surface area contributed by atoms with Gasteiger partial charge in [0.05, 0.1) is 6.07 Å². The van der Waals surface area contributed by atoms with Crippen molar-refractivity contribution >= 4 is 0 Å². The molecule has 1 saturated heterocycles. The molecule has 2 rings (SSSR count). The number of aryl methyl sites for hydroxylation is 2. The zero-order valence-electron chi connectivity index (χ0n) is 10.7. The Balaban J connectivity index is 1.96. The number of rotatable bonds is 2. The predicted molar refractivity (Wildman–Crippen MR) is 69.5 cm³/mol. The third-order valence-corrected chi connectivity index (χ3v) is 3.46. The summed E-state index contributed by atoms with van der Waals surface area (Å²) >= 11 is 0. The SMILES string of the molecule is Cc1cc(C)cc(CN2CCC(C#N)CC2)c1. The molecule has 2 nitrogen and oxygen atoms in total. The molecular weight excluding hydrogens is 208 g/mol. The first kappa shape index (κ1) is 12.1. The molecule has 1 aliphatic heterocycles. The maximum Gasteiger partial charge on any atom is 0.0656 e. The van der Waals surface area contributed by atoms with Crippen LogP contribution in [-0.2, 0) is 6.54 Å². The van der Waals surface area contributed by atoms with Crippen molar-refractivity contribution in [2.45, 2.75) is 33.2 Å². The van der Waals surface area contributed by atoms with Crippen LogP contribution in [0.3, 0.4) is 0 Å². The van der Waals surface area contributed by atoms with Crippen molar-refractivity contribution < 1.29 is 0 Å². The third-order valence-electron chi connectivity index (χ3n) is 3.46. The number of piperidine rings is 1. The summed E-state index contributed by atoms with van der Waals surface area (Å²) in [5, 5.41) is 8.87. The summed E-state index contributed by atoms with van der Waals surface area (Å²) in [6.07, 6.45) is 2.06. The molecule has 0 amide bonds. The first-order chi connectivity index (χ1) is 8.17. The minimum Gasteiger partial charge on any atom is -0.299 e. The summed E-state index contributed by atoms with van der Waals surface area (Å²) in [7, 11) is 0. The van der Waals surface area contributed by atoms with Crippen LogP contribution in [0.5, 0.6) is 0 Å². The van der Waals surface area contributed by atoms with Crippen LogP contribution < -0.4 is 0 Å². The minimum atomic E-state index is 0.283. The molecule has 17 heavy (non-hydrogen) atoms. The van der Waals surface area contributed by atoms with Crippen LogP contribution in [0.25, 0.3) is 0 Å². The maximum atomic E-state index is 8.87. The largest absolute Gasteiger partial charge is 0.299 e. The molecule has 1 fully saturated rings. The fourth-order valence-corrected chi connectivity index (χ4v) is 2.64. The van der Waals surface area contributed by atoms with Gasteiger partial charge in [-0.1, -0.05) is 29.3 Å². The fourth-order valence-electron chi connectivity index (χ4n) is 2.64. The Labute approximate surface area is 104 Å². The average molecular weight is 228 g/mol. The van der Waals surface area contributed by atoms with Gasteiger partial charge < -0.3 is 0 Å². The zero-order chi connectivity index (χ0) is 12.3. The van der Waals surface area contributed by atoms with Crippen LogP contribution in [-0.4, -0.2) is 18.0 Å². The number of nitriles is 1. The highest BCUT2D eigenvalue weighted by Gasteiger charge is 2.18. The monoisotopic (exact) mass is 228 g/mol. The van der Waals surface area contributed by atoms with Crippen molar-refractivity contribution in [2.24, 2.45) is 5.92 Å². The Morgan fingerprint density at radius 2 is 1.76 bits per heavy atom. The second kappa shape index (κ2) is 5.33. The van der Waals surface area contributed by atoms with E-state index in [2.05, 4.69) is 43.0 Å². The molecule has 0 radical (unpaired) electrons. The molecule has 0 bridgehead atoms. The highest BCUT2D eigenvalue weighted by atomic mass is 15.1. The van der Waals surface area contributed by atoms with Gasteiger partial charge in [-0.3, -0.25) is 4.90 Å². The van der Waals surface area contributed by atoms with Gasteiger partial charge in [-0.2, -0.15) is 5.26 Å². The van der Waals surface area contributed by atoms with Crippen molar-refractivity contribution in [2.75, 3.05) is 13.1 Å². The number of nitrogens with zero attached hydrogens (tertiary/aromatic N) is 2. The van der Waals surface area contributed by atoms with E-state index >= 15 is 0 Å². The summed E-state index contributed by atoms with van der Waals surface area (Å²) in [5.41, 5.74) is 4.08. The van der Waals surface area contributed by atoms with Crippen LogP contribution in [0.4, 0.5) is 0 Å². The van der Waals surface area contributed by atoms with Gasteiger partial charge in [0.2, 0.25) is 0 Å². The molecule has 90 valence electrons. The van der Waals surface area contributed by atoms with Crippen molar-refractivity contribution in [1.29, 1.82) is 5.26 Å². The zero-order valence-corrected chi connectivity index (χ0v) is 10.7. The molecule has 1 aromatic carbocycles. The minimum absolute atomic E-state index is 0.283. The van der Waals surface area contributed by atoms with Crippen molar-refractivity contribution in [3.63, 3.8) is 0 Å². The Hall–Kier alpha value is -1.33. The molecule has 0 unspecified atom stereocenters. The molecule has 0 aromatic heterocycles. The molecule has 0 spiro atoms. The number of hydrogen-bond acceptors (Lipinski definition) is 2. The third kappa shape index (κ3) is 3.31. The van der Waals surface area contributed by atoms with Gasteiger partial charge in [-0.15, -0.1) is 0 Å². The molecule has 0 atom stereocenters. The van der Waals surface area contributed by atoms with Crippen LogP contribution in [0.2, 0.25) is 0 Å². The van der Waals surface area contributed by atoms with E-state index in [1.807, 2.05) is 0 Å². The summed E-state index contributed by atoms with van der Waals surface area (Å²) in [5.74, 6) is 0.283. The Morgan fingerprint density at radius 3 is 2.29 bits per heavy atom. The topological polar surface area (TPSA) is 27.0 Å². The lowest BCUT2D eigenvalue weighted by Crippen LogP contribution is -2.32. The number of benzene rings is 1. The molecule has 0 saturated carbocycles. The maximum absolute atomic E-state index is 8.87. The van der Waals surface area contributed by atoms with Crippen LogP contribution in [0.15, 0.2) is 18.2 Å². The van der Waals surface area contributed by atoms with Gasteiger partial charge in [0.25, 0.3) is 0 Å². The van der Waals surface area contributed by atoms with Crippen LogP contribution in [0, 0.1) is 31.1 Å². The lowest BCUT2D eigenvalue weighted by Gasteiger charge is -2.29. The molecule has 1 aromatic rings. The predicted octanol–water partition coefficient (Wildman–Crippen LogP) is 3.04. The Kier molecular flexibility index (Phi) is 3.81. The van der Waals surface area contributed by atoms with Gasteiger partial charge in [-0.25, -0.2) is 0 Å². The van der Waals surface area contributed by atoms with Gasteiger partial charge in [0, 0.05) is 12.5 Å². The first-order valence-electron chi connectivity index (χ1n) is 6.36. The van der Waals surface area contributed by atoms with E-state index in [1.165, 1.54) is 16.7 Å². The smallest absolute Gasteiger partial charge is 0.0656 e. The molecule has 0 N–H and O–H groups in total. The van der Waals surface area contributed by atoms with E-state index in [1.54, 1.807) is 0 Å². The first-order valence-corrected chi connectivity index (χ1v) is 6.36. The molecule has 0 aliphatic carbocycles. The molecular formula is C15H20N2. The van der Waals surface area contributed by atoms with Crippen molar-refractivity contribution in [3.8, 4) is 6.07 Å². The number of likely N-dealkylation sites (tertiary alicyclic amines) is 1. The highest BCUT2D eigenvalue weighted by Crippen LogP contribution is 2.19. The normalized spacial score (nSPS) is 17.9. The summed E-state index contributed by atoms with van der Waals surface area (Å²) in [6, 6.07) is 9.13. The second-order valence-corrected chi connectivity index (χ2v) is 5.18. The Morgan fingerprint density at radius 1 is 1.18 bits per heavy atom. The van der Waals surface area contributed by atoms with E-state index in [9.17, 15) is 0 Å². The van der Waals surface area contributed by atoms with Gasteiger partial charge in [-0.05, 0) is 45.3 Å². The van der Waals surface area contributed by atoms with E-state index in [0.717, 1.165) is 32.5 Å². The van der Waals surface area contributed by atoms with Gasteiger partial charge in [0.1, 0.15) is 0 Å². The van der Waals surface area contributed by atoms with Gasteiger partial charge in [0.15, 0.2) is 0 Å². The van der Waals surface area contributed by atoms with Crippen molar-refractivity contribution in [3.05, 3.63) is 34.9 Å².